The third-order valence-corrected chi connectivity index (χ3v) is 0. The van der Waals surface area contributed by atoms with Gasteiger partial charge in [-0.2, -0.15) is 0 Å². The fourth-order valence-electron chi connectivity index (χ4n) is 0. The predicted molar refractivity (Wildman–Crippen MR) is 48.2 cm³/mol. The first-order chi connectivity index (χ1) is 8.00. The molecule has 0 spiro atoms. The van der Waals surface area contributed by atoms with Gasteiger partial charge in [-0.3, -0.25) is 18.3 Å². The summed E-state index contributed by atoms with van der Waals surface area (Å²) < 4.78 is 35.1. The van der Waals surface area contributed by atoms with Crippen molar-refractivity contribution in [3.05, 3.63) is 0 Å². The number of hydrogen-bond donors (Lipinski definition) is 8. The molecule has 0 unspecified atom stereocenters. The topological polar surface area (TPSA) is 322 Å². The molecule has 0 aromatic rings. The Morgan fingerprint density at radius 3 is 0.455 bits per heavy atom. The van der Waals surface area contributed by atoms with E-state index in [2.05, 4.69) is 0 Å². The van der Waals surface area contributed by atoms with Crippen molar-refractivity contribution in [2.45, 2.75) is 0 Å². The van der Waals surface area contributed by atoms with Crippen LogP contribution in [-0.2, 0) is 54.5 Å². The van der Waals surface area contributed by atoms with Crippen LogP contribution < -0.4 is 19.6 Å². The maximum absolute atomic E-state index is 8.77. The Morgan fingerprint density at radius 1 is 0.455 bits per heavy atom. The average molecular weight is 512 g/mol. The molecule has 0 aliphatic rings. The average Bonchev–Trinajstić information content (AvgIpc) is 1.62. The summed E-state index contributed by atoms with van der Waals surface area (Å²) in [4.78, 5) is 91.7. The van der Waals surface area contributed by atoms with Crippen molar-refractivity contribution >= 4 is 31.3 Å². The molecule has 0 bridgehead atoms. The van der Waals surface area contributed by atoms with Gasteiger partial charge < -0.3 is 58.7 Å². The molecule has 0 rings (SSSR count). The van der Waals surface area contributed by atoms with Crippen LogP contribution in [0.4, 0.5) is 0 Å². The summed E-state index contributed by atoms with van der Waals surface area (Å²) in [6.07, 6.45) is 0. The Morgan fingerprint density at radius 2 is 0.455 bits per heavy atom. The van der Waals surface area contributed by atoms with Gasteiger partial charge in [-0.05, 0) is 0 Å². The van der Waals surface area contributed by atoms with Crippen molar-refractivity contribution < 1.29 is 113 Å². The van der Waals surface area contributed by atoms with Crippen LogP contribution in [0.3, 0.4) is 0 Å². The minimum Gasteiger partial charge on any atom is -0.756 e. The second kappa shape index (κ2) is 16.1. The van der Waals surface area contributed by atoms with Crippen molar-refractivity contribution in [2.24, 2.45) is 0 Å². The molecule has 1 radical (unpaired) electrons. The maximum atomic E-state index is 8.77. The van der Waals surface area contributed by atoms with Gasteiger partial charge in [0.15, 0.2) is 0 Å². The first-order valence-corrected chi connectivity index (χ1v) is 9.18. The molecular formula is H8CoO16P4Zn. The number of phosphoric acid groups is 4. The zero-order valence-corrected chi connectivity index (χ0v) is 17.3. The van der Waals surface area contributed by atoms with Gasteiger partial charge in [0.2, 0.25) is 0 Å². The van der Waals surface area contributed by atoms with E-state index in [4.69, 9.17) is 77.0 Å². The Hall–Kier alpha value is 1.57. The quantitative estimate of drug-likeness (QED) is 0.110. The maximum Gasteiger partial charge on any atom is 2.00 e. The third kappa shape index (κ3) is 3700. The van der Waals surface area contributed by atoms with Crippen LogP contribution >= 0.6 is 31.3 Å². The molecule has 16 nitrogen and oxygen atoms in total. The summed E-state index contributed by atoms with van der Waals surface area (Å²) in [6.45, 7) is 0. The van der Waals surface area contributed by atoms with Crippen molar-refractivity contribution in [3.63, 3.8) is 0 Å². The Bertz CT molecular complexity index is 291. The zero-order chi connectivity index (χ0) is 18.0. The standard InChI is InChI=1S/Co.4H3O4P.Zn/c;4*1-5(2,3)4;/h;4*(H3,1,2,3,4);/q+2;;;;;+2/p-4. The minimum atomic E-state index is -4.89. The van der Waals surface area contributed by atoms with Crippen LogP contribution in [-0.4, -0.2) is 39.1 Å². The van der Waals surface area contributed by atoms with Gasteiger partial charge in [0.25, 0.3) is 31.3 Å². The van der Waals surface area contributed by atoms with E-state index >= 15 is 0 Å². The van der Waals surface area contributed by atoms with Gasteiger partial charge in [-0.25, -0.2) is 0 Å². The zero-order valence-electron chi connectivity index (χ0n) is 9.67. The Labute approximate surface area is 144 Å². The van der Waals surface area contributed by atoms with Gasteiger partial charge in [0, 0.05) is 0 Å². The predicted octanol–water partition coefficient (Wildman–Crippen LogP) is -6.25. The van der Waals surface area contributed by atoms with Gasteiger partial charge in [0.05, 0.1) is 0 Å². The molecule has 22 heteroatoms. The molecule has 0 aliphatic heterocycles. The van der Waals surface area contributed by atoms with Crippen LogP contribution in [0, 0.1) is 0 Å². The third-order valence-electron chi connectivity index (χ3n) is 0. The van der Waals surface area contributed by atoms with Gasteiger partial charge in [-0.1, -0.05) is 0 Å². The SMILES string of the molecule is O=P([O-])(O)O.O=P([O-])(O)O.O=P([O-])(O)O.O=P([O-])(O)O.[Co+2].[Zn+2]. The summed E-state index contributed by atoms with van der Waals surface area (Å²) in [6, 6.07) is 0. The van der Waals surface area contributed by atoms with E-state index in [1.807, 2.05) is 0 Å². The monoisotopic (exact) mass is 511 g/mol. The summed E-state index contributed by atoms with van der Waals surface area (Å²) in [5, 5.41) is 0. The Balaban J connectivity index is -0.0000000376. The molecule has 0 aromatic carbocycles. The summed E-state index contributed by atoms with van der Waals surface area (Å²) >= 11 is 0. The molecule has 0 fully saturated rings. The first kappa shape index (κ1) is 38.9. The van der Waals surface area contributed by atoms with E-state index in [-0.39, 0.29) is 36.3 Å². The smallest absolute Gasteiger partial charge is 0.756 e. The van der Waals surface area contributed by atoms with E-state index in [1.54, 1.807) is 0 Å². The van der Waals surface area contributed by atoms with E-state index in [0.717, 1.165) is 0 Å². The van der Waals surface area contributed by atoms with Gasteiger partial charge >= 0.3 is 36.3 Å². The van der Waals surface area contributed by atoms with Gasteiger partial charge in [-0.15, -0.1) is 0 Å². The molecule has 0 aliphatic carbocycles. The van der Waals surface area contributed by atoms with E-state index < -0.39 is 31.3 Å². The summed E-state index contributed by atoms with van der Waals surface area (Å²) in [5.74, 6) is 0. The van der Waals surface area contributed by atoms with E-state index in [9.17, 15) is 0 Å². The fraction of sp³-hybridized carbons (Fsp3) is 0. The molecule has 0 heterocycles. The summed E-state index contributed by atoms with van der Waals surface area (Å²) in [5.41, 5.74) is 0. The van der Waals surface area contributed by atoms with Crippen molar-refractivity contribution in [1.82, 2.24) is 0 Å². The van der Waals surface area contributed by atoms with Crippen LogP contribution in [0.25, 0.3) is 0 Å². The van der Waals surface area contributed by atoms with E-state index in [0.29, 0.717) is 0 Å². The molecule has 8 N–H and O–H groups in total. The first-order valence-electron chi connectivity index (χ1n) is 3.06. The van der Waals surface area contributed by atoms with Crippen molar-refractivity contribution in [2.75, 3.05) is 0 Å². The van der Waals surface area contributed by atoms with E-state index in [1.165, 1.54) is 0 Å². The Kier molecular flexibility index (Phi) is 28.4. The molecule has 0 saturated heterocycles. The molecule has 0 saturated carbocycles. The number of rotatable bonds is 0. The number of hydrogen-bond acceptors (Lipinski definition) is 8. The summed E-state index contributed by atoms with van der Waals surface area (Å²) in [7, 11) is -19.6. The minimum absolute atomic E-state index is 0. The van der Waals surface area contributed by atoms with Crippen molar-refractivity contribution in [1.29, 1.82) is 0 Å². The second-order valence-corrected chi connectivity index (χ2v) is 5.89. The normalized spacial score (nSPS) is 10.7. The molecule has 135 valence electrons. The molecule has 22 heavy (non-hydrogen) atoms. The molecular weight excluding hydrogens is 504 g/mol. The fourth-order valence-corrected chi connectivity index (χ4v) is 0. The van der Waals surface area contributed by atoms with Crippen LogP contribution in [0.15, 0.2) is 0 Å². The second-order valence-electron chi connectivity index (χ2n) is 1.96. The molecule has 0 atom stereocenters. The van der Waals surface area contributed by atoms with Crippen LogP contribution in [0.2, 0.25) is 0 Å². The molecule has 0 amide bonds. The van der Waals surface area contributed by atoms with Gasteiger partial charge in [0.1, 0.15) is 0 Å². The van der Waals surface area contributed by atoms with Crippen LogP contribution in [0.5, 0.6) is 0 Å². The largest absolute Gasteiger partial charge is 2.00 e. The molecule has 0 aromatic heterocycles. The van der Waals surface area contributed by atoms with Crippen molar-refractivity contribution in [3.8, 4) is 0 Å². The van der Waals surface area contributed by atoms with Crippen LogP contribution in [0.1, 0.15) is 0 Å².